The first-order valence-corrected chi connectivity index (χ1v) is 8.17. The van der Waals surface area contributed by atoms with Gasteiger partial charge in [0.05, 0.1) is 0 Å². The molecule has 0 radical (unpaired) electrons. The van der Waals surface area contributed by atoms with Gasteiger partial charge in [-0.2, -0.15) is 5.06 Å². The van der Waals surface area contributed by atoms with E-state index >= 15 is 0 Å². The molecule has 0 bridgehead atoms. The van der Waals surface area contributed by atoms with Crippen molar-refractivity contribution in [2.75, 3.05) is 0 Å². The molecule has 0 saturated heterocycles. The zero-order valence-corrected chi connectivity index (χ0v) is 13.4. The SMILES string of the molecule is ON(Cc1ccc2ccccc2c1)Cc1ccc2ccccc2c1. The van der Waals surface area contributed by atoms with Gasteiger partial charge < -0.3 is 5.21 Å². The second-order valence-electron chi connectivity index (χ2n) is 6.19. The van der Waals surface area contributed by atoms with Crippen LogP contribution in [0.5, 0.6) is 0 Å². The third-order valence-corrected chi connectivity index (χ3v) is 4.36. The number of hydroxylamine groups is 2. The minimum absolute atomic E-state index is 0.512. The number of rotatable bonds is 4. The predicted octanol–water partition coefficient (Wildman–Crippen LogP) is 5.38. The number of hydrogen-bond donors (Lipinski definition) is 1. The van der Waals surface area contributed by atoms with Gasteiger partial charge in [-0.3, -0.25) is 0 Å². The monoisotopic (exact) mass is 313 g/mol. The second kappa shape index (κ2) is 6.44. The molecule has 0 aliphatic heterocycles. The number of fused-ring (bicyclic) bond motifs is 2. The Bertz CT molecular complexity index is 912. The van der Waals surface area contributed by atoms with Gasteiger partial charge >= 0.3 is 0 Å². The highest BCUT2D eigenvalue weighted by molar-refractivity contribution is 5.83. The molecular formula is C22H19NO. The molecule has 0 aliphatic rings. The smallest absolute Gasteiger partial charge is 0.0492 e. The molecule has 4 aromatic rings. The Balaban J connectivity index is 1.51. The largest absolute Gasteiger partial charge is 0.313 e. The van der Waals surface area contributed by atoms with E-state index in [4.69, 9.17) is 0 Å². The van der Waals surface area contributed by atoms with Gasteiger partial charge in [0, 0.05) is 13.1 Å². The third kappa shape index (κ3) is 3.16. The highest BCUT2D eigenvalue weighted by Crippen LogP contribution is 2.19. The summed E-state index contributed by atoms with van der Waals surface area (Å²) in [6.45, 7) is 1.02. The Kier molecular flexibility index (Phi) is 3.99. The van der Waals surface area contributed by atoms with Crippen molar-refractivity contribution < 1.29 is 5.21 Å². The van der Waals surface area contributed by atoms with Crippen LogP contribution in [0.2, 0.25) is 0 Å². The molecule has 0 aliphatic carbocycles. The van der Waals surface area contributed by atoms with Gasteiger partial charge in [-0.25, -0.2) is 0 Å². The lowest BCUT2D eigenvalue weighted by atomic mass is 10.1. The van der Waals surface area contributed by atoms with E-state index in [1.165, 1.54) is 26.6 Å². The Morgan fingerprint density at radius 2 is 0.958 bits per heavy atom. The zero-order valence-electron chi connectivity index (χ0n) is 13.4. The molecule has 2 heteroatoms. The quantitative estimate of drug-likeness (QED) is 0.511. The Morgan fingerprint density at radius 3 is 1.42 bits per heavy atom. The molecule has 0 amide bonds. The molecule has 0 spiro atoms. The third-order valence-electron chi connectivity index (χ3n) is 4.36. The van der Waals surface area contributed by atoms with E-state index in [0.29, 0.717) is 13.1 Å². The molecule has 0 heterocycles. The van der Waals surface area contributed by atoms with Crippen molar-refractivity contribution in [3.05, 3.63) is 96.1 Å². The minimum Gasteiger partial charge on any atom is -0.313 e. The number of benzene rings is 4. The lowest BCUT2D eigenvalue weighted by molar-refractivity contribution is -0.108. The van der Waals surface area contributed by atoms with Crippen LogP contribution in [0.25, 0.3) is 21.5 Å². The van der Waals surface area contributed by atoms with Crippen molar-refractivity contribution in [2.45, 2.75) is 13.1 Å². The van der Waals surface area contributed by atoms with Crippen LogP contribution >= 0.6 is 0 Å². The van der Waals surface area contributed by atoms with E-state index in [9.17, 15) is 5.21 Å². The van der Waals surface area contributed by atoms with Crippen molar-refractivity contribution >= 4 is 21.5 Å². The molecule has 2 nitrogen and oxygen atoms in total. The highest BCUT2D eigenvalue weighted by Gasteiger charge is 2.05. The lowest BCUT2D eigenvalue weighted by Crippen LogP contribution is -2.18. The fourth-order valence-electron chi connectivity index (χ4n) is 3.15. The summed E-state index contributed by atoms with van der Waals surface area (Å²) in [4.78, 5) is 0. The summed E-state index contributed by atoms with van der Waals surface area (Å²) in [6, 6.07) is 29.2. The molecule has 4 aromatic carbocycles. The molecule has 0 atom stereocenters. The summed E-state index contributed by atoms with van der Waals surface area (Å²) in [5, 5.41) is 16.6. The molecule has 0 fully saturated rings. The summed E-state index contributed by atoms with van der Waals surface area (Å²) in [5.74, 6) is 0. The van der Waals surface area contributed by atoms with E-state index in [2.05, 4.69) is 60.7 Å². The summed E-state index contributed by atoms with van der Waals surface area (Å²) in [7, 11) is 0. The van der Waals surface area contributed by atoms with Gasteiger partial charge in [0.2, 0.25) is 0 Å². The standard InChI is InChI=1S/C22H19NO/c24-23(15-17-9-11-19-5-1-3-7-21(19)13-17)16-18-10-12-20-6-2-4-8-22(20)14-18/h1-14,24H,15-16H2. The first kappa shape index (κ1) is 14.9. The average molecular weight is 313 g/mol. The Labute approximate surface area is 141 Å². The molecule has 118 valence electrons. The summed E-state index contributed by atoms with van der Waals surface area (Å²) < 4.78 is 0. The van der Waals surface area contributed by atoms with Crippen LogP contribution in [0.4, 0.5) is 0 Å². The molecule has 0 saturated carbocycles. The van der Waals surface area contributed by atoms with Crippen LogP contribution in [0.3, 0.4) is 0 Å². The van der Waals surface area contributed by atoms with E-state index < -0.39 is 0 Å². The highest BCUT2D eigenvalue weighted by atomic mass is 16.5. The minimum atomic E-state index is 0.512. The maximum absolute atomic E-state index is 10.3. The van der Waals surface area contributed by atoms with Crippen molar-refractivity contribution in [2.24, 2.45) is 0 Å². The maximum atomic E-state index is 10.3. The molecular weight excluding hydrogens is 294 g/mol. The van der Waals surface area contributed by atoms with Crippen molar-refractivity contribution in [1.29, 1.82) is 0 Å². The van der Waals surface area contributed by atoms with Crippen LogP contribution in [0, 0.1) is 0 Å². The van der Waals surface area contributed by atoms with E-state index in [1.807, 2.05) is 24.3 Å². The van der Waals surface area contributed by atoms with Crippen LogP contribution < -0.4 is 0 Å². The van der Waals surface area contributed by atoms with Gasteiger partial charge in [-0.05, 0) is 44.8 Å². The zero-order chi connectivity index (χ0) is 16.4. The molecule has 0 aromatic heterocycles. The molecule has 4 rings (SSSR count). The fraction of sp³-hybridized carbons (Fsp3) is 0.0909. The van der Waals surface area contributed by atoms with Crippen LogP contribution in [-0.2, 0) is 13.1 Å². The summed E-state index contributed by atoms with van der Waals surface area (Å²) in [6.07, 6.45) is 0. The van der Waals surface area contributed by atoms with Crippen molar-refractivity contribution in [3.63, 3.8) is 0 Å². The van der Waals surface area contributed by atoms with Crippen molar-refractivity contribution in [3.8, 4) is 0 Å². The fourth-order valence-corrected chi connectivity index (χ4v) is 3.15. The summed E-state index contributed by atoms with van der Waals surface area (Å²) >= 11 is 0. The van der Waals surface area contributed by atoms with E-state index in [1.54, 1.807) is 0 Å². The van der Waals surface area contributed by atoms with Crippen molar-refractivity contribution in [1.82, 2.24) is 5.06 Å². The molecule has 24 heavy (non-hydrogen) atoms. The maximum Gasteiger partial charge on any atom is 0.0492 e. The number of hydrogen-bond acceptors (Lipinski definition) is 2. The van der Waals surface area contributed by atoms with Gasteiger partial charge in [0.1, 0.15) is 0 Å². The molecule has 1 N–H and O–H groups in total. The predicted molar refractivity (Wildman–Crippen MR) is 98.9 cm³/mol. The van der Waals surface area contributed by atoms with Crippen LogP contribution in [-0.4, -0.2) is 10.3 Å². The van der Waals surface area contributed by atoms with E-state index in [-0.39, 0.29) is 0 Å². The van der Waals surface area contributed by atoms with Gasteiger partial charge in [-0.1, -0.05) is 72.8 Å². The lowest BCUT2D eigenvalue weighted by Gasteiger charge is -2.16. The first-order valence-electron chi connectivity index (χ1n) is 8.17. The van der Waals surface area contributed by atoms with Gasteiger partial charge in [-0.15, -0.1) is 0 Å². The Morgan fingerprint density at radius 1 is 0.542 bits per heavy atom. The van der Waals surface area contributed by atoms with Crippen LogP contribution in [0.1, 0.15) is 11.1 Å². The van der Waals surface area contributed by atoms with Gasteiger partial charge in [0.15, 0.2) is 0 Å². The topological polar surface area (TPSA) is 23.5 Å². The Hall–Kier alpha value is -2.68. The normalized spacial score (nSPS) is 11.4. The second-order valence-corrected chi connectivity index (χ2v) is 6.19. The average Bonchev–Trinajstić information content (AvgIpc) is 2.61. The van der Waals surface area contributed by atoms with E-state index in [0.717, 1.165) is 11.1 Å². The number of nitrogens with zero attached hydrogens (tertiary/aromatic N) is 1. The summed E-state index contributed by atoms with van der Waals surface area (Å²) in [5.41, 5.74) is 2.22. The first-order chi connectivity index (χ1) is 11.8. The van der Waals surface area contributed by atoms with Gasteiger partial charge in [0.25, 0.3) is 0 Å². The molecule has 0 unspecified atom stereocenters. The van der Waals surface area contributed by atoms with Crippen LogP contribution in [0.15, 0.2) is 84.9 Å².